The Kier molecular flexibility index (Phi) is 6.39. The molecule has 0 fully saturated rings. The van der Waals surface area contributed by atoms with Gasteiger partial charge in [-0.05, 0) is 37.1 Å². The van der Waals surface area contributed by atoms with E-state index in [1.54, 1.807) is 19.1 Å². The van der Waals surface area contributed by atoms with Crippen LogP contribution in [-0.4, -0.2) is 39.3 Å². The number of nitrogens with zero attached hydrogens (tertiary/aromatic N) is 1. The zero-order valence-corrected chi connectivity index (χ0v) is 16.3. The molecule has 0 aliphatic rings. The molecule has 0 unspecified atom stereocenters. The smallest absolute Gasteiger partial charge is 0.246 e. The fourth-order valence-corrected chi connectivity index (χ4v) is 3.77. The number of amides is 1. The first kappa shape index (κ1) is 19.9. The van der Waals surface area contributed by atoms with Gasteiger partial charge in [-0.1, -0.05) is 35.9 Å². The molecule has 6 nitrogen and oxygen atoms in total. The van der Waals surface area contributed by atoms with E-state index in [1.165, 1.54) is 20.2 Å². The van der Waals surface area contributed by atoms with E-state index < -0.39 is 10.0 Å². The van der Waals surface area contributed by atoms with Gasteiger partial charge in [-0.3, -0.25) is 4.79 Å². The quantitative estimate of drug-likeness (QED) is 0.804. The maximum atomic E-state index is 12.8. The van der Waals surface area contributed by atoms with E-state index in [0.29, 0.717) is 6.54 Å². The number of methoxy groups -OCH3 is 1. The second kappa shape index (κ2) is 8.33. The minimum Gasteiger partial charge on any atom is -0.495 e. The van der Waals surface area contributed by atoms with Gasteiger partial charge in [0.2, 0.25) is 15.9 Å². The summed E-state index contributed by atoms with van der Waals surface area (Å²) in [6, 6.07) is 12.7. The molecule has 0 bridgehead atoms. The molecule has 0 aromatic heterocycles. The van der Waals surface area contributed by atoms with Crippen LogP contribution in [0.2, 0.25) is 0 Å². The number of rotatable bonds is 7. The number of sulfonamides is 1. The highest BCUT2D eigenvalue weighted by atomic mass is 32.2. The van der Waals surface area contributed by atoms with Gasteiger partial charge in [0.15, 0.2) is 0 Å². The Bertz CT molecular complexity index is 877. The fourth-order valence-electron chi connectivity index (χ4n) is 2.40. The Morgan fingerprint density at radius 1 is 1.08 bits per heavy atom. The lowest BCUT2D eigenvalue weighted by atomic mass is 10.1. The summed E-state index contributed by atoms with van der Waals surface area (Å²) >= 11 is 0. The van der Waals surface area contributed by atoms with Gasteiger partial charge in [0.25, 0.3) is 0 Å². The van der Waals surface area contributed by atoms with Gasteiger partial charge in [-0.25, -0.2) is 8.42 Å². The fraction of sp³-hybridized carbons (Fsp3) is 0.316. The van der Waals surface area contributed by atoms with Crippen LogP contribution >= 0.6 is 0 Å². The third-order valence-corrected chi connectivity index (χ3v) is 5.81. The summed E-state index contributed by atoms with van der Waals surface area (Å²) < 4.78 is 31.7. The van der Waals surface area contributed by atoms with E-state index in [-0.39, 0.29) is 23.1 Å². The number of hydrogen-bond acceptors (Lipinski definition) is 4. The van der Waals surface area contributed by atoms with E-state index in [2.05, 4.69) is 5.32 Å². The monoisotopic (exact) mass is 376 g/mol. The number of benzene rings is 2. The standard InChI is InChI=1S/C19H24N2O4S/c1-14-5-8-16(9-6-14)12-20-19(22)13-21(3)26(23,24)18-11-15(2)7-10-17(18)25-4/h5-11H,12-13H2,1-4H3,(H,20,22). The zero-order chi connectivity index (χ0) is 19.3. The minimum atomic E-state index is -3.84. The minimum absolute atomic E-state index is 0.0498. The molecule has 0 heterocycles. The van der Waals surface area contributed by atoms with Crippen molar-refractivity contribution in [3.05, 3.63) is 59.2 Å². The van der Waals surface area contributed by atoms with E-state index in [4.69, 9.17) is 4.74 Å². The third-order valence-electron chi connectivity index (χ3n) is 3.98. The summed E-state index contributed by atoms with van der Waals surface area (Å²) in [4.78, 5) is 12.2. The van der Waals surface area contributed by atoms with Crippen LogP contribution in [0.25, 0.3) is 0 Å². The Hall–Kier alpha value is -2.38. The van der Waals surface area contributed by atoms with Crippen LogP contribution in [0.3, 0.4) is 0 Å². The maximum absolute atomic E-state index is 12.8. The van der Waals surface area contributed by atoms with Crippen molar-refractivity contribution in [1.82, 2.24) is 9.62 Å². The van der Waals surface area contributed by atoms with Crippen molar-refractivity contribution >= 4 is 15.9 Å². The Labute approximate surface area is 154 Å². The molecule has 0 saturated heterocycles. The van der Waals surface area contributed by atoms with Crippen molar-refractivity contribution in [2.75, 3.05) is 20.7 Å². The molecule has 0 aliphatic carbocycles. The van der Waals surface area contributed by atoms with E-state index >= 15 is 0 Å². The Morgan fingerprint density at radius 3 is 2.31 bits per heavy atom. The summed E-state index contributed by atoms with van der Waals surface area (Å²) in [5.41, 5.74) is 2.88. The molecule has 1 N–H and O–H groups in total. The molecule has 2 rings (SSSR count). The molecular weight excluding hydrogens is 352 g/mol. The number of aryl methyl sites for hydroxylation is 2. The van der Waals surface area contributed by atoms with Crippen LogP contribution < -0.4 is 10.1 Å². The average molecular weight is 376 g/mol. The lowest BCUT2D eigenvalue weighted by Crippen LogP contribution is -2.38. The van der Waals surface area contributed by atoms with Gasteiger partial charge in [-0.2, -0.15) is 4.31 Å². The van der Waals surface area contributed by atoms with Crippen molar-refractivity contribution in [2.24, 2.45) is 0 Å². The lowest BCUT2D eigenvalue weighted by Gasteiger charge is -2.19. The number of ether oxygens (including phenoxy) is 1. The first-order chi connectivity index (χ1) is 12.2. The highest BCUT2D eigenvalue weighted by molar-refractivity contribution is 7.89. The van der Waals surface area contributed by atoms with Gasteiger partial charge < -0.3 is 10.1 Å². The molecule has 0 radical (unpaired) electrons. The molecule has 1 amide bonds. The van der Waals surface area contributed by atoms with Crippen molar-refractivity contribution in [1.29, 1.82) is 0 Å². The second-order valence-corrected chi connectivity index (χ2v) is 8.19. The predicted octanol–water partition coefficient (Wildman–Crippen LogP) is 2.25. The Balaban J connectivity index is 2.05. The van der Waals surface area contributed by atoms with Crippen LogP contribution in [0.15, 0.2) is 47.4 Å². The molecule has 0 atom stereocenters. The van der Waals surface area contributed by atoms with Crippen LogP contribution in [0, 0.1) is 13.8 Å². The summed E-state index contributed by atoms with van der Waals surface area (Å²) in [5.74, 6) is -0.120. The molecule has 2 aromatic carbocycles. The largest absolute Gasteiger partial charge is 0.495 e. The number of hydrogen-bond donors (Lipinski definition) is 1. The molecule has 0 saturated carbocycles. The van der Waals surface area contributed by atoms with Crippen molar-refractivity contribution in [3.8, 4) is 5.75 Å². The van der Waals surface area contributed by atoms with Crippen LogP contribution in [-0.2, 0) is 21.4 Å². The van der Waals surface area contributed by atoms with Crippen LogP contribution in [0.5, 0.6) is 5.75 Å². The van der Waals surface area contributed by atoms with Crippen LogP contribution in [0.1, 0.15) is 16.7 Å². The van der Waals surface area contributed by atoms with E-state index in [9.17, 15) is 13.2 Å². The molecular formula is C19H24N2O4S. The summed E-state index contributed by atoms with van der Waals surface area (Å²) in [6.07, 6.45) is 0. The average Bonchev–Trinajstić information content (AvgIpc) is 2.61. The highest BCUT2D eigenvalue weighted by Crippen LogP contribution is 2.27. The maximum Gasteiger partial charge on any atom is 0.246 e. The zero-order valence-electron chi connectivity index (χ0n) is 15.4. The highest BCUT2D eigenvalue weighted by Gasteiger charge is 2.26. The van der Waals surface area contributed by atoms with Crippen molar-refractivity contribution < 1.29 is 17.9 Å². The van der Waals surface area contributed by atoms with Gasteiger partial charge in [0, 0.05) is 13.6 Å². The lowest BCUT2D eigenvalue weighted by molar-refractivity contribution is -0.121. The van der Waals surface area contributed by atoms with E-state index in [1.807, 2.05) is 31.2 Å². The molecule has 2 aromatic rings. The summed E-state index contributed by atoms with van der Waals surface area (Å²) in [7, 11) is -1.05. The van der Waals surface area contributed by atoms with Crippen LogP contribution in [0.4, 0.5) is 0 Å². The van der Waals surface area contributed by atoms with Crippen molar-refractivity contribution in [2.45, 2.75) is 25.3 Å². The normalized spacial score (nSPS) is 11.4. The van der Waals surface area contributed by atoms with Gasteiger partial charge in [0.05, 0.1) is 13.7 Å². The third kappa shape index (κ3) is 4.83. The molecule has 7 heteroatoms. The molecule has 140 valence electrons. The van der Waals surface area contributed by atoms with Crippen molar-refractivity contribution in [3.63, 3.8) is 0 Å². The predicted molar refractivity (Wildman–Crippen MR) is 101 cm³/mol. The number of carbonyl (C=O) groups is 1. The molecule has 26 heavy (non-hydrogen) atoms. The summed E-state index contributed by atoms with van der Waals surface area (Å²) in [5, 5.41) is 2.74. The molecule has 0 aliphatic heterocycles. The first-order valence-electron chi connectivity index (χ1n) is 8.17. The number of carbonyl (C=O) groups excluding carboxylic acids is 1. The second-order valence-electron chi connectivity index (χ2n) is 6.18. The van der Waals surface area contributed by atoms with E-state index in [0.717, 1.165) is 21.0 Å². The first-order valence-corrected chi connectivity index (χ1v) is 9.61. The SMILES string of the molecule is COc1ccc(C)cc1S(=O)(=O)N(C)CC(=O)NCc1ccc(C)cc1. The number of nitrogens with one attached hydrogen (secondary N) is 1. The Morgan fingerprint density at radius 2 is 1.69 bits per heavy atom. The molecule has 0 spiro atoms. The number of likely N-dealkylation sites (N-methyl/N-ethyl adjacent to an activating group) is 1. The topological polar surface area (TPSA) is 75.7 Å². The summed E-state index contributed by atoms with van der Waals surface area (Å²) in [6.45, 7) is 3.86. The van der Waals surface area contributed by atoms with Gasteiger partial charge in [0.1, 0.15) is 10.6 Å². The van der Waals surface area contributed by atoms with Gasteiger partial charge >= 0.3 is 0 Å². The van der Waals surface area contributed by atoms with Gasteiger partial charge in [-0.15, -0.1) is 0 Å².